The molecule has 0 aliphatic heterocycles. The molecular formula is C9H16N4. The van der Waals surface area contributed by atoms with Crippen LogP contribution in [0.4, 0.5) is 5.82 Å². The van der Waals surface area contributed by atoms with Gasteiger partial charge in [-0.15, -0.1) is 0 Å². The Morgan fingerprint density at radius 3 is 3.00 bits per heavy atom. The Morgan fingerprint density at radius 1 is 1.54 bits per heavy atom. The van der Waals surface area contributed by atoms with Crippen LogP contribution in [0.2, 0.25) is 0 Å². The Hall–Kier alpha value is -1.03. The first-order valence-corrected chi connectivity index (χ1v) is 4.81. The lowest BCUT2D eigenvalue weighted by Crippen LogP contribution is -2.24. The van der Waals surface area contributed by atoms with Crippen molar-refractivity contribution in [1.29, 1.82) is 0 Å². The minimum absolute atomic E-state index is 0.797. The molecule has 13 heavy (non-hydrogen) atoms. The first-order chi connectivity index (χ1) is 6.34. The van der Waals surface area contributed by atoms with E-state index in [2.05, 4.69) is 15.7 Å². The number of anilines is 1. The monoisotopic (exact) mass is 180 g/mol. The first-order valence-electron chi connectivity index (χ1n) is 4.81. The summed E-state index contributed by atoms with van der Waals surface area (Å²) in [5, 5.41) is 10.9. The summed E-state index contributed by atoms with van der Waals surface area (Å²) in [7, 11) is 1.92. The summed E-state index contributed by atoms with van der Waals surface area (Å²) < 4.78 is 1.80. The molecule has 0 unspecified atom stereocenters. The van der Waals surface area contributed by atoms with Crippen molar-refractivity contribution in [2.75, 3.05) is 18.4 Å². The molecule has 0 radical (unpaired) electrons. The number of aryl methyl sites for hydroxylation is 1. The van der Waals surface area contributed by atoms with Gasteiger partial charge in [-0.2, -0.15) is 5.10 Å². The number of nitrogens with one attached hydrogen (secondary N) is 2. The lowest BCUT2D eigenvalue weighted by molar-refractivity contribution is 0.698. The normalized spacial score (nSPS) is 16.1. The van der Waals surface area contributed by atoms with E-state index in [4.69, 9.17) is 0 Å². The third kappa shape index (κ3) is 2.73. The third-order valence-corrected chi connectivity index (χ3v) is 2.16. The van der Waals surface area contributed by atoms with Gasteiger partial charge in [-0.25, -0.2) is 0 Å². The largest absolute Gasteiger partial charge is 0.367 e. The van der Waals surface area contributed by atoms with Crippen molar-refractivity contribution in [1.82, 2.24) is 15.1 Å². The second-order valence-electron chi connectivity index (χ2n) is 3.53. The second kappa shape index (κ2) is 3.79. The molecule has 1 fully saturated rings. The molecule has 0 amide bonds. The van der Waals surface area contributed by atoms with Crippen LogP contribution in [0.5, 0.6) is 0 Å². The van der Waals surface area contributed by atoms with Crippen molar-refractivity contribution in [3.63, 3.8) is 0 Å². The Balaban J connectivity index is 1.61. The molecular weight excluding hydrogens is 164 g/mol. The highest BCUT2D eigenvalue weighted by atomic mass is 15.3. The van der Waals surface area contributed by atoms with Crippen LogP contribution in [0.1, 0.15) is 12.8 Å². The van der Waals surface area contributed by atoms with E-state index < -0.39 is 0 Å². The zero-order chi connectivity index (χ0) is 9.10. The van der Waals surface area contributed by atoms with Crippen molar-refractivity contribution in [2.45, 2.75) is 18.9 Å². The average Bonchev–Trinajstić information content (AvgIpc) is 2.84. The van der Waals surface area contributed by atoms with Gasteiger partial charge in [0, 0.05) is 38.4 Å². The van der Waals surface area contributed by atoms with Gasteiger partial charge in [0.2, 0.25) is 0 Å². The van der Waals surface area contributed by atoms with Crippen molar-refractivity contribution >= 4 is 5.82 Å². The molecule has 2 N–H and O–H groups in total. The Bertz CT molecular complexity index is 264. The number of aromatic nitrogens is 2. The average molecular weight is 180 g/mol. The van der Waals surface area contributed by atoms with Gasteiger partial charge in [-0.05, 0) is 12.8 Å². The lowest BCUT2D eigenvalue weighted by Gasteiger charge is -2.03. The molecule has 0 atom stereocenters. The van der Waals surface area contributed by atoms with Gasteiger partial charge in [-0.3, -0.25) is 4.68 Å². The minimum Gasteiger partial charge on any atom is -0.367 e. The summed E-state index contributed by atoms with van der Waals surface area (Å²) in [4.78, 5) is 0. The fourth-order valence-corrected chi connectivity index (χ4v) is 1.26. The first kappa shape index (κ1) is 8.56. The van der Waals surface area contributed by atoms with E-state index in [1.807, 2.05) is 19.3 Å². The zero-order valence-electron chi connectivity index (χ0n) is 7.95. The summed E-state index contributed by atoms with van der Waals surface area (Å²) in [6.45, 7) is 1.98. The smallest absolute Gasteiger partial charge is 0.148 e. The minimum atomic E-state index is 0.797. The van der Waals surface area contributed by atoms with Crippen LogP contribution in [0.15, 0.2) is 12.3 Å². The van der Waals surface area contributed by atoms with Crippen LogP contribution in [0.3, 0.4) is 0 Å². The molecule has 4 nitrogen and oxygen atoms in total. The van der Waals surface area contributed by atoms with E-state index in [1.54, 1.807) is 4.68 Å². The molecule has 4 heteroatoms. The molecule has 0 bridgehead atoms. The maximum Gasteiger partial charge on any atom is 0.148 e. The van der Waals surface area contributed by atoms with Crippen molar-refractivity contribution in [3.8, 4) is 0 Å². The number of hydrogen-bond donors (Lipinski definition) is 2. The molecule has 1 aromatic heterocycles. The van der Waals surface area contributed by atoms with E-state index in [0.29, 0.717) is 0 Å². The van der Waals surface area contributed by atoms with Crippen LogP contribution < -0.4 is 10.6 Å². The third-order valence-electron chi connectivity index (χ3n) is 2.16. The summed E-state index contributed by atoms with van der Waals surface area (Å²) in [6, 6.07) is 2.78. The molecule has 1 aliphatic rings. The SMILES string of the molecule is Cn1ccc(NCCNC2CC2)n1. The molecule has 72 valence electrons. The highest BCUT2D eigenvalue weighted by molar-refractivity contribution is 5.31. The van der Waals surface area contributed by atoms with Crippen molar-refractivity contribution < 1.29 is 0 Å². The molecule has 1 aromatic rings. The van der Waals surface area contributed by atoms with Gasteiger partial charge in [0.15, 0.2) is 0 Å². The van der Waals surface area contributed by atoms with Gasteiger partial charge in [0.25, 0.3) is 0 Å². The second-order valence-corrected chi connectivity index (χ2v) is 3.53. The van der Waals surface area contributed by atoms with Gasteiger partial charge in [-0.1, -0.05) is 0 Å². The van der Waals surface area contributed by atoms with Gasteiger partial charge < -0.3 is 10.6 Å². The summed E-state index contributed by atoms with van der Waals surface area (Å²) in [5.41, 5.74) is 0. The van der Waals surface area contributed by atoms with Gasteiger partial charge >= 0.3 is 0 Å². The van der Waals surface area contributed by atoms with Crippen LogP contribution in [0.25, 0.3) is 0 Å². The fraction of sp³-hybridized carbons (Fsp3) is 0.667. The summed E-state index contributed by atoms with van der Waals surface area (Å²) in [5.74, 6) is 0.958. The van der Waals surface area contributed by atoms with E-state index in [0.717, 1.165) is 24.9 Å². The van der Waals surface area contributed by atoms with Crippen molar-refractivity contribution in [3.05, 3.63) is 12.3 Å². The van der Waals surface area contributed by atoms with Crippen LogP contribution in [0, 0.1) is 0 Å². The van der Waals surface area contributed by atoms with Crippen LogP contribution in [-0.4, -0.2) is 28.9 Å². The summed E-state index contributed by atoms with van der Waals surface area (Å²) in [6.07, 6.45) is 4.64. The molecule has 0 aromatic carbocycles. The van der Waals surface area contributed by atoms with E-state index in [9.17, 15) is 0 Å². The zero-order valence-corrected chi connectivity index (χ0v) is 7.95. The van der Waals surface area contributed by atoms with Gasteiger partial charge in [0.1, 0.15) is 5.82 Å². The molecule has 0 spiro atoms. The topological polar surface area (TPSA) is 41.9 Å². The van der Waals surface area contributed by atoms with Gasteiger partial charge in [0.05, 0.1) is 0 Å². The molecule has 1 aliphatic carbocycles. The number of hydrogen-bond acceptors (Lipinski definition) is 3. The molecule has 1 heterocycles. The predicted molar refractivity (Wildman–Crippen MR) is 52.7 cm³/mol. The molecule has 2 rings (SSSR count). The Labute approximate surface area is 78.3 Å². The van der Waals surface area contributed by atoms with Crippen molar-refractivity contribution in [2.24, 2.45) is 7.05 Å². The number of nitrogens with zero attached hydrogens (tertiary/aromatic N) is 2. The number of rotatable bonds is 5. The highest BCUT2D eigenvalue weighted by Crippen LogP contribution is 2.17. The standard InChI is InChI=1S/C9H16N4/c1-13-7-4-9(12-13)11-6-5-10-8-2-3-8/h4,7-8,10H,2-3,5-6H2,1H3,(H,11,12). The van der Waals surface area contributed by atoms with E-state index >= 15 is 0 Å². The highest BCUT2D eigenvalue weighted by Gasteiger charge is 2.19. The molecule has 0 saturated heterocycles. The quantitative estimate of drug-likeness (QED) is 0.651. The van der Waals surface area contributed by atoms with E-state index in [-0.39, 0.29) is 0 Å². The Morgan fingerprint density at radius 2 is 2.38 bits per heavy atom. The fourth-order valence-electron chi connectivity index (χ4n) is 1.26. The molecule has 1 saturated carbocycles. The lowest BCUT2D eigenvalue weighted by atomic mass is 10.5. The van der Waals surface area contributed by atoms with Crippen LogP contribution >= 0.6 is 0 Å². The predicted octanol–water partition coefficient (Wildman–Crippen LogP) is 0.584. The maximum absolute atomic E-state index is 4.22. The van der Waals surface area contributed by atoms with E-state index in [1.165, 1.54) is 12.8 Å². The summed E-state index contributed by atoms with van der Waals surface area (Å²) >= 11 is 0. The van der Waals surface area contributed by atoms with Crippen LogP contribution in [-0.2, 0) is 7.05 Å². The Kier molecular flexibility index (Phi) is 2.49. The maximum atomic E-state index is 4.22.